The number of carbonyl (C=O) groups excluding carboxylic acids is 2. The Kier molecular flexibility index (Phi) is 7.21. The van der Waals surface area contributed by atoms with Crippen LogP contribution in [0.2, 0.25) is 0 Å². The minimum atomic E-state index is -4.57. The summed E-state index contributed by atoms with van der Waals surface area (Å²) in [6, 6.07) is 4.45. The molecular weight excluding hydrogens is 417 g/mol. The number of likely N-dealkylation sites (tertiary alicyclic amines) is 1. The van der Waals surface area contributed by atoms with E-state index in [2.05, 4.69) is 5.32 Å². The molecule has 1 aliphatic heterocycles. The first kappa shape index (κ1) is 22.7. The highest BCUT2D eigenvalue weighted by molar-refractivity contribution is 5.96. The molecule has 10 heteroatoms. The Morgan fingerprint density at radius 1 is 1.26 bits per heavy atom. The van der Waals surface area contributed by atoms with Gasteiger partial charge in [0.05, 0.1) is 35.6 Å². The number of rotatable bonds is 7. The van der Waals surface area contributed by atoms with E-state index in [0.717, 1.165) is 12.1 Å². The number of carbonyl (C=O) groups is 2. The smallest absolute Gasteiger partial charge is 0.416 e. The van der Waals surface area contributed by atoms with Crippen LogP contribution in [0, 0.1) is 5.92 Å². The van der Waals surface area contributed by atoms with Gasteiger partial charge < -0.3 is 24.1 Å². The number of nitrogens with one attached hydrogen (secondary N) is 1. The molecule has 1 aromatic carbocycles. The molecule has 3 rings (SSSR count). The van der Waals surface area contributed by atoms with Crippen LogP contribution in [-0.4, -0.2) is 50.1 Å². The molecule has 2 amide bonds. The minimum absolute atomic E-state index is 0.0748. The van der Waals surface area contributed by atoms with E-state index >= 15 is 0 Å². The van der Waals surface area contributed by atoms with Crippen LogP contribution < -0.4 is 10.1 Å². The zero-order valence-electron chi connectivity index (χ0n) is 16.9. The molecule has 0 saturated carbocycles. The highest BCUT2D eigenvalue weighted by atomic mass is 19.4. The fourth-order valence-corrected chi connectivity index (χ4v) is 3.34. The van der Waals surface area contributed by atoms with E-state index in [1.54, 1.807) is 4.90 Å². The van der Waals surface area contributed by atoms with Gasteiger partial charge in [-0.15, -0.1) is 0 Å². The number of amides is 2. The summed E-state index contributed by atoms with van der Waals surface area (Å²) in [7, 11) is 1.47. The number of nitrogens with zero attached hydrogens (tertiary/aromatic N) is 1. The highest BCUT2D eigenvalue weighted by Crippen LogP contribution is 2.35. The Morgan fingerprint density at radius 3 is 2.74 bits per heavy atom. The summed E-state index contributed by atoms with van der Waals surface area (Å²) in [6.07, 6.45) is -0.733. The van der Waals surface area contributed by atoms with E-state index in [-0.39, 0.29) is 37.1 Å². The summed E-state index contributed by atoms with van der Waals surface area (Å²) in [5, 5.41) is 2.55. The fourth-order valence-electron chi connectivity index (χ4n) is 3.34. The lowest BCUT2D eigenvalue weighted by Gasteiger charge is -2.32. The van der Waals surface area contributed by atoms with Crippen LogP contribution in [0.1, 0.15) is 28.8 Å². The Labute approximate surface area is 177 Å². The standard InChI is InChI=1S/C21H23F3N2O5/c1-29-9-10-31-18-5-4-16(21(22,23)24)11-17(18)25-19(27)14-3-2-7-26(12-14)20(28)15-6-8-30-13-15/h4-6,8,11,13-14H,2-3,7,9-10,12H2,1H3,(H,25,27). The van der Waals surface area contributed by atoms with Gasteiger partial charge in [0.15, 0.2) is 0 Å². The first-order chi connectivity index (χ1) is 14.8. The molecule has 1 unspecified atom stereocenters. The Bertz CT molecular complexity index is 899. The van der Waals surface area contributed by atoms with Gasteiger partial charge in [-0.05, 0) is 37.1 Å². The number of benzene rings is 1. The van der Waals surface area contributed by atoms with Crippen molar-refractivity contribution in [2.75, 3.05) is 38.7 Å². The van der Waals surface area contributed by atoms with Crippen molar-refractivity contribution < 1.29 is 36.7 Å². The van der Waals surface area contributed by atoms with Crippen molar-refractivity contribution in [2.24, 2.45) is 5.92 Å². The van der Waals surface area contributed by atoms with Gasteiger partial charge in [-0.1, -0.05) is 0 Å². The number of halogens is 3. The van der Waals surface area contributed by atoms with Gasteiger partial charge in [-0.25, -0.2) is 0 Å². The van der Waals surface area contributed by atoms with Gasteiger partial charge in [0.1, 0.15) is 18.6 Å². The molecule has 7 nitrogen and oxygen atoms in total. The molecule has 1 aliphatic rings. The van der Waals surface area contributed by atoms with Gasteiger partial charge >= 0.3 is 6.18 Å². The van der Waals surface area contributed by atoms with Crippen molar-refractivity contribution in [2.45, 2.75) is 19.0 Å². The minimum Gasteiger partial charge on any atom is -0.489 e. The number of hydrogen-bond donors (Lipinski definition) is 1. The predicted octanol–water partition coefficient (Wildman–Crippen LogP) is 3.81. The van der Waals surface area contributed by atoms with Crippen molar-refractivity contribution in [1.29, 1.82) is 0 Å². The van der Waals surface area contributed by atoms with Crippen LogP contribution in [-0.2, 0) is 15.7 Å². The largest absolute Gasteiger partial charge is 0.489 e. The molecule has 1 N–H and O–H groups in total. The van der Waals surface area contributed by atoms with Crippen LogP contribution in [0.4, 0.5) is 18.9 Å². The molecule has 2 heterocycles. The summed E-state index contributed by atoms with van der Waals surface area (Å²) >= 11 is 0. The molecule has 1 aromatic heterocycles. The first-order valence-corrected chi connectivity index (χ1v) is 9.75. The van der Waals surface area contributed by atoms with Crippen LogP contribution >= 0.6 is 0 Å². The zero-order valence-corrected chi connectivity index (χ0v) is 16.9. The second-order valence-corrected chi connectivity index (χ2v) is 7.14. The van der Waals surface area contributed by atoms with Gasteiger partial charge in [-0.2, -0.15) is 13.2 Å². The Hall–Kier alpha value is -3.01. The summed E-state index contributed by atoms with van der Waals surface area (Å²) in [5.74, 6) is -1.18. The molecule has 2 aromatic rings. The lowest BCUT2D eigenvalue weighted by Crippen LogP contribution is -2.43. The van der Waals surface area contributed by atoms with Crippen LogP contribution in [0.3, 0.4) is 0 Å². The molecule has 1 saturated heterocycles. The maximum Gasteiger partial charge on any atom is 0.416 e. The molecule has 31 heavy (non-hydrogen) atoms. The molecule has 0 aliphatic carbocycles. The lowest BCUT2D eigenvalue weighted by molar-refractivity contribution is -0.137. The second kappa shape index (κ2) is 9.86. The van der Waals surface area contributed by atoms with Crippen molar-refractivity contribution in [3.05, 3.63) is 47.9 Å². The monoisotopic (exact) mass is 440 g/mol. The third kappa shape index (κ3) is 5.78. The molecule has 0 spiro atoms. The van der Waals surface area contributed by atoms with E-state index in [9.17, 15) is 22.8 Å². The molecule has 168 valence electrons. The number of alkyl halides is 3. The topological polar surface area (TPSA) is 81.0 Å². The van der Waals surface area contributed by atoms with Crippen molar-refractivity contribution in [1.82, 2.24) is 4.90 Å². The maximum absolute atomic E-state index is 13.1. The molecular formula is C21H23F3N2O5. The lowest BCUT2D eigenvalue weighted by atomic mass is 9.96. The SMILES string of the molecule is COCCOc1ccc(C(F)(F)F)cc1NC(=O)C1CCCN(C(=O)c2ccoc2)C1. The maximum atomic E-state index is 13.1. The molecule has 1 atom stereocenters. The number of piperidine rings is 1. The van der Waals surface area contributed by atoms with Crippen LogP contribution in [0.5, 0.6) is 5.75 Å². The Morgan fingerprint density at radius 2 is 2.06 bits per heavy atom. The molecule has 1 fully saturated rings. The summed E-state index contributed by atoms with van der Waals surface area (Å²) in [4.78, 5) is 26.9. The Balaban J connectivity index is 1.73. The van der Waals surface area contributed by atoms with Gasteiger partial charge in [0.2, 0.25) is 5.91 Å². The highest BCUT2D eigenvalue weighted by Gasteiger charge is 2.33. The van der Waals surface area contributed by atoms with Gasteiger partial charge in [-0.3, -0.25) is 9.59 Å². The number of anilines is 1. The van der Waals surface area contributed by atoms with E-state index in [1.165, 1.54) is 31.8 Å². The molecule has 0 bridgehead atoms. The van der Waals surface area contributed by atoms with Crippen molar-refractivity contribution in [3.8, 4) is 5.75 Å². The van der Waals surface area contributed by atoms with Crippen molar-refractivity contribution >= 4 is 17.5 Å². The third-order valence-electron chi connectivity index (χ3n) is 4.96. The van der Waals surface area contributed by atoms with Gasteiger partial charge in [0.25, 0.3) is 5.91 Å². The second-order valence-electron chi connectivity index (χ2n) is 7.14. The molecule has 0 radical (unpaired) electrons. The van der Waals surface area contributed by atoms with Crippen LogP contribution in [0.15, 0.2) is 41.2 Å². The predicted molar refractivity (Wildman–Crippen MR) is 105 cm³/mol. The number of furan rings is 1. The van der Waals surface area contributed by atoms with E-state index in [0.29, 0.717) is 24.9 Å². The van der Waals surface area contributed by atoms with E-state index < -0.39 is 23.6 Å². The normalized spacial score (nSPS) is 16.8. The van der Waals surface area contributed by atoms with Crippen LogP contribution in [0.25, 0.3) is 0 Å². The van der Waals surface area contributed by atoms with Crippen molar-refractivity contribution in [3.63, 3.8) is 0 Å². The zero-order chi connectivity index (χ0) is 22.4. The number of methoxy groups -OCH3 is 1. The van der Waals surface area contributed by atoms with Gasteiger partial charge in [0, 0.05) is 20.2 Å². The number of ether oxygens (including phenoxy) is 2. The summed E-state index contributed by atoms with van der Waals surface area (Å²) in [5.41, 5.74) is -0.593. The number of hydrogen-bond acceptors (Lipinski definition) is 5. The first-order valence-electron chi connectivity index (χ1n) is 9.75. The fraction of sp³-hybridized carbons (Fsp3) is 0.429. The van der Waals surface area contributed by atoms with E-state index in [4.69, 9.17) is 13.9 Å². The third-order valence-corrected chi connectivity index (χ3v) is 4.96. The average molecular weight is 440 g/mol. The summed E-state index contributed by atoms with van der Waals surface area (Å²) < 4.78 is 54.7. The average Bonchev–Trinajstić information content (AvgIpc) is 3.28. The summed E-state index contributed by atoms with van der Waals surface area (Å²) in [6.45, 7) is 1.00. The quantitative estimate of drug-likeness (QED) is 0.663. The van der Waals surface area contributed by atoms with E-state index in [1.807, 2.05) is 0 Å².